The molecule has 1 aliphatic rings. The van der Waals surface area contributed by atoms with E-state index < -0.39 is 18.2 Å². The number of nitriles is 1. The van der Waals surface area contributed by atoms with Gasteiger partial charge >= 0.3 is 12.1 Å². The molecular weight excluding hydrogens is 303 g/mol. The fraction of sp³-hybridized carbons (Fsp3) is 0.769. The van der Waals surface area contributed by atoms with Gasteiger partial charge in [-0.15, -0.1) is 0 Å². The maximum absolute atomic E-state index is 12.0. The molecule has 0 aromatic rings. The Morgan fingerprint density at radius 2 is 2.00 bits per heavy atom. The molecule has 1 rings (SSSR count). The Hall–Kier alpha value is -1.82. The van der Waals surface area contributed by atoms with Crippen LogP contribution in [0.3, 0.4) is 0 Å². The molecule has 1 amide bonds. The molecule has 0 spiro atoms. The summed E-state index contributed by atoms with van der Waals surface area (Å²) in [6, 6.07) is 1.44. The zero-order chi connectivity index (χ0) is 17.5. The van der Waals surface area contributed by atoms with Crippen LogP contribution < -0.4 is 5.73 Å². The second-order valence-electron chi connectivity index (χ2n) is 5.03. The first-order valence-electron chi connectivity index (χ1n) is 6.82. The zero-order valence-electron chi connectivity index (χ0n) is 12.4. The van der Waals surface area contributed by atoms with Gasteiger partial charge in [-0.2, -0.15) is 18.4 Å². The normalized spacial score (nSPS) is 20.4. The molecule has 3 N–H and O–H groups in total. The van der Waals surface area contributed by atoms with E-state index in [0.29, 0.717) is 6.54 Å². The predicted molar refractivity (Wildman–Crippen MR) is 71.5 cm³/mol. The Morgan fingerprint density at radius 3 is 2.36 bits per heavy atom. The maximum Gasteiger partial charge on any atom is 0.490 e. The molecule has 3 atom stereocenters. The third kappa shape index (κ3) is 5.89. The summed E-state index contributed by atoms with van der Waals surface area (Å²) in [5.74, 6) is -2.64. The molecule has 1 heterocycles. The van der Waals surface area contributed by atoms with Crippen molar-refractivity contribution >= 4 is 11.9 Å². The second kappa shape index (κ2) is 8.58. The minimum atomic E-state index is -5.08. The van der Waals surface area contributed by atoms with Gasteiger partial charge in [0.05, 0.1) is 12.1 Å². The van der Waals surface area contributed by atoms with E-state index >= 15 is 0 Å². The Kier molecular flexibility index (Phi) is 7.87. The first-order valence-corrected chi connectivity index (χ1v) is 6.82. The van der Waals surface area contributed by atoms with E-state index in [-0.39, 0.29) is 17.9 Å². The van der Waals surface area contributed by atoms with Crippen molar-refractivity contribution in [1.29, 1.82) is 5.26 Å². The number of amides is 1. The predicted octanol–water partition coefficient (Wildman–Crippen LogP) is 1.51. The van der Waals surface area contributed by atoms with Gasteiger partial charge in [-0.05, 0) is 18.8 Å². The van der Waals surface area contributed by atoms with Gasteiger partial charge in [0.1, 0.15) is 6.04 Å². The summed E-state index contributed by atoms with van der Waals surface area (Å²) in [4.78, 5) is 22.5. The average Bonchev–Trinajstić information content (AvgIpc) is 2.92. The van der Waals surface area contributed by atoms with E-state index in [0.717, 1.165) is 19.3 Å². The van der Waals surface area contributed by atoms with Crippen molar-refractivity contribution in [2.75, 3.05) is 6.54 Å². The summed E-state index contributed by atoms with van der Waals surface area (Å²) in [6.07, 6.45) is -2.50. The number of carbonyl (C=O) groups excluding carboxylic acids is 1. The minimum Gasteiger partial charge on any atom is -0.475 e. The highest BCUT2D eigenvalue weighted by Crippen LogP contribution is 2.19. The summed E-state index contributed by atoms with van der Waals surface area (Å²) in [5.41, 5.74) is 5.87. The molecule has 0 radical (unpaired) electrons. The van der Waals surface area contributed by atoms with Crippen LogP contribution in [0.25, 0.3) is 0 Å². The molecule has 0 bridgehead atoms. The standard InChI is InChI=1S/C11H19N3O.C2HF3O2/c1-3-8(2)10(13)11(15)14-6-4-5-9(14)7-12;3-2(4,5)1(6)7/h8-10H,3-6,13H2,1-2H3;(H,6,7)/t8-,9-,10-;/m0./s1. The van der Waals surface area contributed by atoms with Crippen molar-refractivity contribution in [3.8, 4) is 6.07 Å². The number of carboxylic acid groups (broad SMARTS) is 1. The Labute approximate surface area is 126 Å². The highest BCUT2D eigenvalue weighted by atomic mass is 19.4. The summed E-state index contributed by atoms with van der Waals surface area (Å²) in [6.45, 7) is 4.67. The molecule has 1 saturated heterocycles. The van der Waals surface area contributed by atoms with Crippen molar-refractivity contribution in [2.45, 2.75) is 51.4 Å². The SMILES string of the molecule is CC[C@H](C)[C@H](N)C(=O)N1CCC[C@H]1C#N.O=C(O)C(F)(F)F. The van der Waals surface area contributed by atoms with E-state index in [1.165, 1.54) is 0 Å². The van der Waals surface area contributed by atoms with Gasteiger partial charge in [-0.25, -0.2) is 4.79 Å². The Balaban J connectivity index is 0.000000534. The smallest absolute Gasteiger partial charge is 0.475 e. The van der Waals surface area contributed by atoms with Gasteiger partial charge in [0.2, 0.25) is 5.91 Å². The fourth-order valence-corrected chi connectivity index (χ4v) is 1.85. The monoisotopic (exact) mass is 323 g/mol. The van der Waals surface area contributed by atoms with Gasteiger partial charge < -0.3 is 15.7 Å². The lowest BCUT2D eigenvalue weighted by atomic mass is 9.99. The minimum absolute atomic E-state index is 0.0617. The maximum atomic E-state index is 12.0. The molecule has 22 heavy (non-hydrogen) atoms. The lowest BCUT2D eigenvalue weighted by Gasteiger charge is -2.26. The molecule has 0 aromatic heterocycles. The number of rotatable bonds is 3. The number of carboxylic acids is 1. The highest BCUT2D eigenvalue weighted by molar-refractivity contribution is 5.82. The van der Waals surface area contributed by atoms with Crippen LogP contribution in [-0.4, -0.2) is 46.7 Å². The molecule has 9 heteroatoms. The van der Waals surface area contributed by atoms with Crippen LogP contribution in [0.15, 0.2) is 0 Å². The van der Waals surface area contributed by atoms with Gasteiger partial charge in [0.25, 0.3) is 0 Å². The van der Waals surface area contributed by atoms with Crippen molar-refractivity contribution in [2.24, 2.45) is 11.7 Å². The molecule has 6 nitrogen and oxygen atoms in total. The second-order valence-corrected chi connectivity index (χ2v) is 5.03. The Bertz CT molecular complexity index is 434. The average molecular weight is 323 g/mol. The largest absolute Gasteiger partial charge is 0.490 e. The summed E-state index contributed by atoms with van der Waals surface area (Å²) < 4.78 is 31.7. The van der Waals surface area contributed by atoms with Crippen LogP contribution in [0, 0.1) is 17.2 Å². The number of alkyl halides is 3. The van der Waals surface area contributed by atoms with Crippen LogP contribution in [0.2, 0.25) is 0 Å². The molecule has 1 fully saturated rings. The first kappa shape index (κ1) is 20.2. The Morgan fingerprint density at radius 1 is 1.50 bits per heavy atom. The summed E-state index contributed by atoms with van der Waals surface area (Å²) >= 11 is 0. The number of likely N-dealkylation sites (tertiary alicyclic amines) is 1. The highest BCUT2D eigenvalue weighted by Gasteiger charge is 2.38. The van der Waals surface area contributed by atoms with Crippen LogP contribution in [0.1, 0.15) is 33.1 Å². The number of hydrogen-bond donors (Lipinski definition) is 2. The van der Waals surface area contributed by atoms with Crippen molar-refractivity contribution in [1.82, 2.24) is 4.90 Å². The number of nitrogens with two attached hydrogens (primary N) is 1. The van der Waals surface area contributed by atoms with Crippen LogP contribution in [0.4, 0.5) is 13.2 Å². The quantitative estimate of drug-likeness (QED) is 0.818. The van der Waals surface area contributed by atoms with Gasteiger partial charge in [-0.1, -0.05) is 20.3 Å². The molecule has 126 valence electrons. The molecule has 0 aliphatic carbocycles. The topological polar surface area (TPSA) is 107 Å². The fourth-order valence-electron chi connectivity index (χ4n) is 1.85. The summed E-state index contributed by atoms with van der Waals surface area (Å²) in [7, 11) is 0. The van der Waals surface area contributed by atoms with E-state index in [2.05, 4.69) is 6.07 Å². The molecule has 1 aliphatic heterocycles. The molecule has 0 saturated carbocycles. The van der Waals surface area contributed by atoms with Crippen molar-refractivity contribution in [3.63, 3.8) is 0 Å². The number of carbonyl (C=O) groups is 2. The number of aliphatic carboxylic acids is 1. The van der Waals surface area contributed by atoms with E-state index in [9.17, 15) is 18.0 Å². The van der Waals surface area contributed by atoms with Gasteiger partial charge in [0.15, 0.2) is 0 Å². The van der Waals surface area contributed by atoms with Crippen LogP contribution in [-0.2, 0) is 9.59 Å². The van der Waals surface area contributed by atoms with E-state index in [1.54, 1.807) is 4.90 Å². The molecule has 0 unspecified atom stereocenters. The summed E-state index contributed by atoms with van der Waals surface area (Å²) in [5, 5.41) is 16.0. The first-order chi connectivity index (χ1) is 10.1. The third-order valence-electron chi connectivity index (χ3n) is 3.47. The lowest BCUT2D eigenvalue weighted by molar-refractivity contribution is -0.192. The zero-order valence-corrected chi connectivity index (χ0v) is 12.4. The van der Waals surface area contributed by atoms with Gasteiger partial charge in [0, 0.05) is 6.54 Å². The van der Waals surface area contributed by atoms with E-state index in [4.69, 9.17) is 20.9 Å². The van der Waals surface area contributed by atoms with Crippen molar-refractivity contribution < 1.29 is 27.9 Å². The lowest BCUT2D eigenvalue weighted by Crippen LogP contribution is -2.48. The molecular formula is C13H20F3N3O3. The number of nitrogens with zero attached hydrogens (tertiary/aromatic N) is 2. The van der Waals surface area contributed by atoms with E-state index in [1.807, 2.05) is 13.8 Å². The van der Waals surface area contributed by atoms with Crippen molar-refractivity contribution in [3.05, 3.63) is 0 Å². The molecule has 0 aromatic carbocycles. The van der Waals surface area contributed by atoms with Crippen LogP contribution >= 0.6 is 0 Å². The van der Waals surface area contributed by atoms with Gasteiger partial charge in [-0.3, -0.25) is 4.79 Å². The number of hydrogen-bond acceptors (Lipinski definition) is 4. The number of halogens is 3. The van der Waals surface area contributed by atoms with Crippen LogP contribution in [0.5, 0.6) is 0 Å². The third-order valence-corrected chi connectivity index (χ3v) is 3.47.